The van der Waals surface area contributed by atoms with Crippen LogP contribution >= 0.6 is 11.8 Å². The van der Waals surface area contributed by atoms with E-state index in [1.165, 1.54) is 23.8 Å². The Bertz CT molecular complexity index is 870. The second-order valence-corrected chi connectivity index (χ2v) is 8.39. The highest BCUT2D eigenvalue weighted by molar-refractivity contribution is 8.00. The summed E-state index contributed by atoms with van der Waals surface area (Å²) in [5.41, 5.74) is 0.766. The Hall–Kier alpha value is -2.75. The molecule has 0 bridgehead atoms. The van der Waals surface area contributed by atoms with E-state index in [2.05, 4.69) is 0 Å². The van der Waals surface area contributed by atoms with Gasteiger partial charge >= 0.3 is 12.1 Å². The van der Waals surface area contributed by atoms with E-state index in [-0.39, 0.29) is 31.0 Å². The van der Waals surface area contributed by atoms with Crippen LogP contribution in [0.2, 0.25) is 0 Å². The molecule has 1 unspecified atom stereocenters. The van der Waals surface area contributed by atoms with E-state index < -0.39 is 18.1 Å². The second kappa shape index (κ2) is 8.55. The van der Waals surface area contributed by atoms with Gasteiger partial charge in [-0.05, 0) is 25.0 Å². The molecular weight excluding hydrogens is 410 g/mol. The van der Waals surface area contributed by atoms with Gasteiger partial charge in [0, 0.05) is 24.0 Å². The minimum Gasteiger partial charge on any atom is -0.467 e. The molecule has 0 aromatic heterocycles. The minimum atomic E-state index is -0.741. The van der Waals surface area contributed by atoms with Crippen molar-refractivity contribution in [2.45, 2.75) is 29.8 Å². The van der Waals surface area contributed by atoms with E-state index in [9.17, 15) is 19.2 Å². The van der Waals surface area contributed by atoms with Crippen molar-refractivity contribution >= 4 is 41.3 Å². The molecule has 3 aliphatic rings. The molecule has 0 radical (unpaired) electrons. The summed E-state index contributed by atoms with van der Waals surface area (Å²) in [5.74, 6) is -0.391. The first-order valence-electron chi connectivity index (χ1n) is 9.82. The van der Waals surface area contributed by atoms with Crippen molar-refractivity contribution in [1.29, 1.82) is 0 Å². The topological polar surface area (TPSA) is 96.5 Å². The molecule has 4 rings (SSSR count). The summed E-state index contributed by atoms with van der Waals surface area (Å²) in [5, 5.41) is 0. The van der Waals surface area contributed by atoms with Gasteiger partial charge in [-0.15, -0.1) is 11.8 Å². The molecule has 3 amide bonds. The smallest absolute Gasteiger partial charge is 0.410 e. The van der Waals surface area contributed by atoms with E-state index in [4.69, 9.17) is 9.47 Å². The molecule has 1 aromatic carbocycles. The van der Waals surface area contributed by atoms with Crippen LogP contribution in [0.1, 0.15) is 12.8 Å². The number of anilines is 1. The average Bonchev–Trinajstić information content (AvgIpc) is 3.16. The number of carbonyl (C=O) groups excluding carboxylic acids is 4. The second-order valence-electron chi connectivity index (χ2n) is 7.37. The zero-order valence-corrected chi connectivity index (χ0v) is 17.4. The average molecular weight is 433 g/mol. The van der Waals surface area contributed by atoms with E-state index >= 15 is 0 Å². The van der Waals surface area contributed by atoms with Crippen molar-refractivity contribution in [2.24, 2.45) is 0 Å². The Balaban J connectivity index is 1.38. The van der Waals surface area contributed by atoms with Crippen LogP contribution in [0.5, 0.6) is 0 Å². The number of nitrogens with zero attached hydrogens (tertiary/aromatic N) is 3. The minimum absolute atomic E-state index is 0.00237. The van der Waals surface area contributed by atoms with Crippen LogP contribution in [0.3, 0.4) is 0 Å². The number of cyclic esters (lactones) is 1. The Morgan fingerprint density at radius 2 is 1.93 bits per heavy atom. The maximum Gasteiger partial charge on any atom is 0.410 e. The number of esters is 1. The number of hydrogen-bond acceptors (Lipinski definition) is 7. The van der Waals surface area contributed by atoms with Crippen LogP contribution < -0.4 is 4.90 Å². The predicted octanol–water partition coefficient (Wildman–Crippen LogP) is 1.11. The number of ether oxygens (including phenoxy) is 2. The maximum atomic E-state index is 12.9. The van der Waals surface area contributed by atoms with Gasteiger partial charge in [-0.2, -0.15) is 0 Å². The molecule has 0 N–H and O–H groups in total. The van der Waals surface area contributed by atoms with Gasteiger partial charge in [-0.3, -0.25) is 14.5 Å². The first-order valence-corrected chi connectivity index (χ1v) is 10.8. The zero-order chi connectivity index (χ0) is 21.3. The summed E-state index contributed by atoms with van der Waals surface area (Å²) in [6.45, 7) is 0.871. The van der Waals surface area contributed by atoms with Crippen LogP contribution in [0.25, 0.3) is 0 Å². The molecule has 9 nitrogen and oxygen atoms in total. The third kappa shape index (κ3) is 3.83. The van der Waals surface area contributed by atoms with Crippen LogP contribution in [0.4, 0.5) is 10.5 Å². The number of benzene rings is 1. The highest BCUT2D eigenvalue weighted by Crippen LogP contribution is 2.35. The third-order valence-electron chi connectivity index (χ3n) is 5.70. The van der Waals surface area contributed by atoms with E-state index in [1.807, 2.05) is 24.3 Å². The number of rotatable bonds is 4. The lowest BCUT2D eigenvalue weighted by Gasteiger charge is -2.38. The van der Waals surface area contributed by atoms with Crippen molar-refractivity contribution < 1.29 is 28.7 Å². The molecule has 1 aromatic rings. The first-order chi connectivity index (χ1) is 14.5. The highest BCUT2D eigenvalue weighted by Gasteiger charge is 2.44. The standard InChI is InChI=1S/C20H23N3O6S/c1-28-19(26)15-11-29-20(27)23(15)13-6-8-21(9-7-13)17(24)10-22-14-4-2-3-5-16(14)30-12-18(22)25/h2-5,13,15H,6-12H2,1H3. The highest BCUT2D eigenvalue weighted by atomic mass is 32.2. The molecule has 3 aliphatic heterocycles. The largest absolute Gasteiger partial charge is 0.467 e. The van der Waals surface area contributed by atoms with E-state index in [0.717, 1.165) is 10.6 Å². The summed E-state index contributed by atoms with van der Waals surface area (Å²) in [6.07, 6.45) is 0.548. The molecule has 160 valence electrons. The molecule has 10 heteroatoms. The number of hydrogen-bond donors (Lipinski definition) is 0. The summed E-state index contributed by atoms with van der Waals surface area (Å²) >= 11 is 1.48. The molecule has 3 heterocycles. The van der Waals surface area contributed by atoms with Crippen LogP contribution in [-0.2, 0) is 23.9 Å². The number of carbonyl (C=O) groups is 4. The monoisotopic (exact) mass is 433 g/mol. The molecule has 1 atom stereocenters. The number of thioether (sulfide) groups is 1. The van der Waals surface area contributed by atoms with Gasteiger partial charge in [0.05, 0.1) is 18.6 Å². The summed E-state index contributed by atoms with van der Waals surface area (Å²) in [6, 6.07) is 6.63. The number of piperidine rings is 1. The van der Waals surface area contributed by atoms with Gasteiger partial charge in [-0.25, -0.2) is 9.59 Å². The molecule has 0 saturated carbocycles. The van der Waals surface area contributed by atoms with Gasteiger partial charge in [0.25, 0.3) is 0 Å². The normalized spacial score (nSPS) is 22.0. The van der Waals surface area contributed by atoms with Crippen molar-refractivity contribution in [1.82, 2.24) is 9.80 Å². The fourth-order valence-electron chi connectivity index (χ4n) is 4.11. The number of fused-ring (bicyclic) bond motifs is 1. The van der Waals surface area contributed by atoms with Gasteiger partial charge in [0.15, 0.2) is 6.04 Å². The van der Waals surface area contributed by atoms with Gasteiger partial charge in [0.1, 0.15) is 13.2 Å². The van der Waals surface area contributed by atoms with E-state index in [1.54, 1.807) is 9.80 Å². The molecule has 2 fully saturated rings. The molecule has 0 aliphatic carbocycles. The van der Waals surface area contributed by atoms with Crippen LogP contribution in [0.15, 0.2) is 29.2 Å². The Morgan fingerprint density at radius 3 is 2.67 bits per heavy atom. The number of likely N-dealkylation sites (tertiary alicyclic amines) is 1. The number of methoxy groups -OCH3 is 1. The Labute approximate surface area is 178 Å². The summed E-state index contributed by atoms with van der Waals surface area (Å²) in [7, 11) is 1.28. The zero-order valence-electron chi connectivity index (χ0n) is 16.6. The van der Waals surface area contributed by atoms with Crippen molar-refractivity contribution in [2.75, 3.05) is 44.0 Å². The Morgan fingerprint density at radius 1 is 1.20 bits per heavy atom. The SMILES string of the molecule is COC(=O)C1COC(=O)N1C1CCN(C(=O)CN2C(=O)CSc3ccccc32)CC1. The first kappa shape index (κ1) is 20.5. The van der Waals surface area contributed by atoms with E-state index in [0.29, 0.717) is 31.7 Å². The fourth-order valence-corrected chi connectivity index (χ4v) is 5.05. The van der Waals surface area contributed by atoms with Crippen LogP contribution in [0, 0.1) is 0 Å². The summed E-state index contributed by atoms with van der Waals surface area (Å²) in [4.78, 5) is 55.0. The number of amides is 3. The maximum absolute atomic E-state index is 12.9. The van der Waals surface area contributed by atoms with Crippen molar-refractivity contribution in [3.05, 3.63) is 24.3 Å². The van der Waals surface area contributed by atoms with Gasteiger partial charge in [-0.1, -0.05) is 12.1 Å². The number of para-hydroxylation sites is 1. The third-order valence-corrected chi connectivity index (χ3v) is 6.74. The molecule has 0 spiro atoms. The summed E-state index contributed by atoms with van der Waals surface area (Å²) < 4.78 is 9.80. The molecule has 30 heavy (non-hydrogen) atoms. The predicted molar refractivity (Wildman–Crippen MR) is 108 cm³/mol. The van der Waals surface area contributed by atoms with Gasteiger partial charge in [0.2, 0.25) is 11.8 Å². The molecule has 2 saturated heterocycles. The van der Waals surface area contributed by atoms with Crippen LogP contribution in [-0.4, -0.2) is 84.9 Å². The van der Waals surface area contributed by atoms with Crippen molar-refractivity contribution in [3.8, 4) is 0 Å². The lowest BCUT2D eigenvalue weighted by atomic mass is 10.0. The quantitative estimate of drug-likeness (QED) is 0.656. The lowest BCUT2D eigenvalue weighted by molar-refractivity contribution is -0.146. The molecular formula is C20H23N3O6S. The van der Waals surface area contributed by atoms with Gasteiger partial charge < -0.3 is 19.3 Å². The Kier molecular flexibility index (Phi) is 5.85. The van der Waals surface area contributed by atoms with Crippen molar-refractivity contribution in [3.63, 3.8) is 0 Å². The fraction of sp³-hybridized carbons (Fsp3) is 0.500. The lowest BCUT2D eigenvalue weighted by Crippen LogP contribution is -2.53.